The van der Waals surface area contributed by atoms with E-state index in [2.05, 4.69) is 27.6 Å². The van der Waals surface area contributed by atoms with Crippen molar-refractivity contribution in [3.63, 3.8) is 0 Å². The third-order valence-corrected chi connectivity index (χ3v) is 3.85. The van der Waals surface area contributed by atoms with Crippen LogP contribution in [0.3, 0.4) is 0 Å². The van der Waals surface area contributed by atoms with Gasteiger partial charge in [-0.3, -0.25) is 15.5 Å². The fraction of sp³-hybridized carbons (Fsp3) is 0.235. The highest BCUT2D eigenvalue weighted by molar-refractivity contribution is 5.81. The first-order chi connectivity index (χ1) is 11.2. The molecule has 0 aliphatic carbocycles. The molecule has 0 aromatic heterocycles. The molecule has 0 amide bonds. The molecule has 0 spiro atoms. The van der Waals surface area contributed by atoms with Gasteiger partial charge < -0.3 is 4.90 Å². The lowest BCUT2D eigenvalue weighted by Crippen LogP contribution is -2.17. The van der Waals surface area contributed by atoms with Gasteiger partial charge in [0.05, 0.1) is 16.8 Å². The molecule has 1 aliphatic heterocycles. The maximum Gasteiger partial charge on any atom is 0.269 e. The number of hydrogen-bond donors (Lipinski definition) is 1. The van der Waals surface area contributed by atoms with Crippen molar-refractivity contribution in [1.82, 2.24) is 0 Å². The van der Waals surface area contributed by atoms with E-state index in [1.807, 2.05) is 12.1 Å². The van der Waals surface area contributed by atoms with Gasteiger partial charge in [0.1, 0.15) is 0 Å². The minimum absolute atomic E-state index is 0.0667. The van der Waals surface area contributed by atoms with Crippen LogP contribution < -0.4 is 10.3 Å². The molecular weight excluding hydrogens is 292 g/mol. The minimum Gasteiger partial charge on any atom is -0.372 e. The highest BCUT2D eigenvalue weighted by Crippen LogP contribution is 2.20. The normalized spacial score (nSPS) is 14.3. The van der Waals surface area contributed by atoms with Crippen LogP contribution in [0.25, 0.3) is 0 Å². The number of anilines is 2. The molecule has 0 atom stereocenters. The van der Waals surface area contributed by atoms with Crippen molar-refractivity contribution < 1.29 is 4.92 Å². The number of nitro groups is 1. The number of rotatable bonds is 5. The number of nitro benzene ring substituents is 1. The molecule has 0 unspecified atom stereocenters. The lowest BCUT2D eigenvalue weighted by molar-refractivity contribution is -0.384. The van der Waals surface area contributed by atoms with E-state index in [0.717, 1.165) is 18.7 Å². The molecule has 2 aromatic rings. The quantitative estimate of drug-likeness (QED) is 0.520. The van der Waals surface area contributed by atoms with Crippen LogP contribution in [-0.4, -0.2) is 24.2 Å². The molecule has 6 nitrogen and oxygen atoms in total. The Labute approximate surface area is 134 Å². The van der Waals surface area contributed by atoms with E-state index >= 15 is 0 Å². The monoisotopic (exact) mass is 310 g/mol. The average Bonchev–Trinajstić information content (AvgIpc) is 3.10. The van der Waals surface area contributed by atoms with Gasteiger partial charge in [0.25, 0.3) is 5.69 Å². The molecule has 1 N–H and O–H groups in total. The lowest BCUT2D eigenvalue weighted by Gasteiger charge is -2.17. The predicted molar refractivity (Wildman–Crippen MR) is 92.2 cm³/mol. The van der Waals surface area contributed by atoms with E-state index in [0.29, 0.717) is 5.69 Å². The fourth-order valence-corrected chi connectivity index (χ4v) is 2.59. The van der Waals surface area contributed by atoms with Crippen LogP contribution >= 0.6 is 0 Å². The van der Waals surface area contributed by atoms with Crippen LogP contribution in [0.5, 0.6) is 0 Å². The van der Waals surface area contributed by atoms with Gasteiger partial charge in [0.2, 0.25) is 0 Å². The zero-order valence-corrected chi connectivity index (χ0v) is 12.7. The van der Waals surface area contributed by atoms with Gasteiger partial charge in [-0.1, -0.05) is 12.1 Å². The number of hydrogen-bond acceptors (Lipinski definition) is 5. The molecule has 1 aliphatic rings. The summed E-state index contributed by atoms with van der Waals surface area (Å²) in [6.45, 7) is 2.27. The van der Waals surface area contributed by atoms with Gasteiger partial charge >= 0.3 is 0 Å². The molecular formula is C17H18N4O2. The van der Waals surface area contributed by atoms with Crippen LogP contribution in [0, 0.1) is 10.1 Å². The van der Waals surface area contributed by atoms with Gasteiger partial charge in [0, 0.05) is 30.9 Å². The largest absolute Gasteiger partial charge is 0.372 e. The summed E-state index contributed by atoms with van der Waals surface area (Å²) >= 11 is 0. The van der Waals surface area contributed by atoms with Crippen molar-refractivity contribution >= 4 is 23.3 Å². The van der Waals surface area contributed by atoms with Crippen molar-refractivity contribution in [2.45, 2.75) is 12.8 Å². The Hall–Kier alpha value is -2.89. The van der Waals surface area contributed by atoms with Crippen LogP contribution in [0.15, 0.2) is 53.6 Å². The number of non-ortho nitro benzene ring substituents is 1. The number of benzene rings is 2. The summed E-state index contributed by atoms with van der Waals surface area (Å²) in [7, 11) is 0. The van der Waals surface area contributed by atoms with Crippen molar-refractivity contribution in [3.8, 4) is 0 Å². The van der Waals surface area contributed by atoms with E-state index < -0.39 is 4.92 Å². The third kappa shape index (κ3) is 3.85. The maximum atomic E-state index is 10.6. The molecule has 0 saturated carbocycles. The van der Waals surface area contributed by atoms with Gasteiger partial charge in [-0.15, -0.1) is 0 Å². The first-order valence-corrected chi connectivity index (χ1v) is 7.61. The molecule has 1 fully saturated rings. The lowest BCUT2D eigenvalue weighted by atomic mass is 10.2. The Balaban J connectivity index is 1.58. The summed E-state index contributed by atoms with van der Waals surface area (Å²) in [5.41, 5.74) is 5.90. The van der Waals surface area contributed by atoms with Crippen molar-refractivity contribution in [2.24, 2.45) is 5.10 Å². The van der Waals surface area contributed by atoms with E-state index in [1.54, 1.807) is 18.3 Å². The summed E-state index contributed by atoms with van der Waals surface area (Å²) < 4.78 is 0. The van der Waals surface area contributed by atoms with Gasteiger partial charge in [-0.25, -0.2) is 0 Å². The number of nitrogens with one attached hydrogen (secondary N) is 1. The third-order valence-electron chi connectivity index (χ3n) is 3.85. The first-order valence-electron chi connectivity index (χ1n) is 7.61. The summed E-state index contributed by atoms with van der Waals surface area (Å²) in [6.07, 6.45) is 4.26. The van der Waals surface area contributed by atoms with Crippen molar-refractivity contribution in [2.75, 3.05) is 23.4 Å². The molecule has 1 heterocycles. The zero-order valence-electron chi connectivity index (χ0n) is 12.7. The van der Waals surface area contributed by atoms with Gasteiger partial charge in [-0.05, 0) is 42.7 Å². The SMILES string of the molecule is O=[N+]([O-])c1ccc(NN=Cc2ccc(N3CCCC3)cc2)cc1. The van der Waals surface area contributed by atoms with E-state index in [-0.39, 0.29) is 5.69 Å². The second-order valence-electron chi connectivity index (χ2n) is 5.46. The topological polar surface area (TPSA) is 70.8 Å². The Morgan fingerprint density at radius 3 is 2.30 bits per heavy atom. The molecule has 1 saturated heterocycles. The Bertz CT molecular complexity index is 690. The second kappa shape index (κ2) is 6.91. The fourth-order valence-electron chi connectivity index (χ4n) is 2.59. The van der Waals surface area contributed by atoms with Crippen molar-refractivity contribution in [1.29, 1.82) is 0 Å². The highest BCUT2D eigenvalue weighted by Gasteiger charge is 2.11. The first kappa shape index (κ1) is 15.0. The molecule has 3 rings (SSSR count). The Kier molecular flexibility index (Phi) is 4.52. The summed E-state index contributed by atoms with van der Waals surface area (Å²) in [5.74, 6) is 0. The molecule has 6 heteroatoms. The molecule has 23 heavy (non-hydrogen) atoms. The average molecular weight is 310 g/mol. The van der Waals surface area contributed by atoms with Crippen molar-refractivity contribution in [3.05, 3.63) is 64.2 Å². The summed E-state index contributed by atoms with van der Waals surface area (Å²) in [5, 5.41) is 14.7. The van der Waals surface area contributed by atoms with E-state index in [4.69, 9.17) is 0 Å². The molecule has 2 aromatic carbocycles. The highest BCUT2D eigenvalue weighted by atomic mass is 16.6. The van der Waals surface area contributed by atoms with E-state index in [9.17, 15) is 10.1 Å². The van der Waals surface area contributed by atoms with Gasteiger partial charge in [0.15, 0.2) is 0 Å². The van der Waals surface area contributed by atoms with Crippen LogP contribution in [-0.2, 0) is 0 Å². The number of nitrogens with zero attached hydrogens (tertiary/aromatic N) is 3. The summed E-state index contributed by atoms with van der Waals surface area (Å²) in [4.78, 5) is 12.5. The Morgan fingerprint density at radius 1 is 1.04 bits per heavy atom. The molecule has 0 radical (unpaired) electrons. The molecule has 118 valence electrons. The second-order valence-corrected chi connectivity index (χ2v) is 5.46. The summed E-state index contributed by atoms with van der Waals surface area (Å²) in [6, 6.07) is 14.4. The minimum atomic E-state index is -0.422. The van der Waals surface area contributed by atoms with E-state index in [1.165, 1.54) is 30.7 Å². The van der Waals surface area contributed by atoms with Crippen LogP contribution in [0.1, 0.15) is 18.4 Å². The van der Waals surface area contributed by atoms with Gasteiger partial charge in [-0.2, -0.15) is 5.10 Å². The molecule has 0 bridgehead atoms. The smallest absolute Gasteiger partial charge is 0.269 e. The zero-order chi connectivity index (χ0) is 16.1. The van der Waals surface area contributed by atoms with Crippen LogP contribution in [0.2, 0.25) is 0 Å². The number of hydrazone groups is 1. The van der Waals surface area contributed by atoms with Crippen LogP contribution in [0.4, 0.5) is 17.1 Å². The standard InChI is InChI=1S/C17H18N4O2/c22-21(23)17-9-5-15(6-10-17)19-18-13-14-3-7-16(8-4-14)20-11-1-2-12-20/h3-10,13,19H,1-2,11-12H2. The predicted octanol–water partition coefficient (Wildman–Crippen LogP) is 3.64. The maximum absolute atomic E-state index is 10.6. The Morgan fingerprint density at radius 2 is 1.70 bits per heavy atom.